The van der Waals surface area contributed by atoms with Gasteiger partial charge >= 0.3 is 0 Å². The van der Waals surface area contributed by atoms with Crippen molar-refractivity contribution in [3.63, 3.8) is 0 Å². The van der Waals surface area contributed by atoms with E-state index in [1.54, 1.807) is 0 Å². The maximum Gasteiger partial charge on any atom is 0.229 e. The molecule has 0 radical (unpaired) electrons. The quantitative estimate of drug-likeness (QED) is 0.929. The molecule has 0 bridgehead atoms. The summed E-state index contributed by atoms with van der Waals surface area (Å²) >= 11 is 3.55. The third kappa shape index (κ3) is 2.79. The fourth-order valence-corrected chi connectivity index (χ4v) is 2.59. The van der Waals surface area contributed by atoms with Gasteiger partial charge in [0.2, 0.25) is 11.7 Å². The summed E-state index contributed by atoms with van der Waals surface area (Å²) in [5, 5.41) is 13.9. The summed E-state index contributed by atoms with van der Waals surface area (Å²) in [4.78, 5) is 4.39. The first-order valence-corrected chi connectivity index (χ1v) is 7.61. The summed E-state index contributed by atoms with van der Waals surface area (Å²) in [6.45, 7) is 4.08. The highest BCUT2D eigenvalue weighted by molar-refractivity contribution is 9.10. The summed E-state index contributed by atoms with van der Waals surface area (Å²) in [6.07, 6.45) is 2.31. The monoisotopic (exact) mass is 336 g/mol. The van der Waals surface area contributed by atoms with E-state index in [1.165, 1.54) is 0 Å². The average Bonchev–Trinajstić information content (AvgIpc) is 3.16. The third-order valence-corrected chi connectivity index (χ3v) is 4.96. The van der Waals surface area contributed by atoms with Crippen LogP contribution in [0, 0.1) is 19.8 Å². The molecule has 1 aromatic heterocycles. The van der Waals surface area contributed by atoms with Gasteiger partial charge in [-0.15, -0.1) is 0 Å². The summed E-state index contributed by atoms with van der Waals surface area (Å²) in [5.41, 5.74) is 3.23. The van der Waals surface area contributed by atoms with E-state index in [0.717, 1.165) is 34.0 Å². The topological polar surface area (TPSA) is 59.2 Å². The molecule has 2 aromatic rings. The number of halogens is 1. The van der Waals surface area contributed by atoms with Crippen LogP contribution in [0.2, 0.25) is 0 Å². The van der Waals surface area contributed by atoms with Crippen LogP contribution in [-0.4, -0.2) is 21.4 Å². The van der Waals surface area contributed by atoms with E-state index in [0.29, 0.717) is 24.1 Å². The normalized spacial score (nSPS) is 16.4. The number of rotatable bonds is 4. The maximum absolute atomic E-state index is 9.91. The zero-order chi connectivity index (χ0) is 14.3. The smallest absolute Gasteiger partial charge is 0.229 e. The molecule has 20 heavy (non-hydrogen) atoms. The van der Waals surface area contributed by atoms with E-state index in [2.05, 4.69) is 26.1 Å². The number of hydrogen-bond donors (Lipinski definition) is 1. The van der Waals surface area contributed by atoms with Crippen LogP contribution in [0.5, 0.6) is 0 Å². The van der Waals surface area contributed by atoms with Gasteiger partial charge in [-0.3, -0.25) is 0 Å². The first-order chi connectivity index (χ1) is 9.54. The molecule has 1 saturated carbocycles. The molecule has 5 heteroatoms. The lowest BCUT2D eigenvalue weighted by Crippen LogP contribution is -2.12. The van der Waals surface area contributed by atoms with Crippen molar-refractivity contribution in [2.75, 3.05) is 0 Å². The summed E-state index contributed by atoms with van der Waals surface area (Å²) in [5.74, 6) is 1.52. The van der Waals surface area contributed by atoms with Crippen molar-refractivity contribution < 1.29 is 9.63 Å². The molecule has 1 unspecified atom stereocenters. The van der Waals surface area contributed by atoms with Gasteiger partial charge in [0.25, 0.3) is 0 Å². The van der Waals surface area contributed by atoms with Gasteiger partial charge in [0.15, 0.2) is 0 Å². The second-order valence-electron chi connectivity index (χ2n) is 5.54. The highest BCUT2D eigenvalue weighted by Gasteiger charge is 2.31. The van der Waals surface area contributed by atoms with Crippen LogP contribution < -0.4 is 0 Å². The Morgan fingerprint density at radius 3 is 2.60 bits per heavy atom. The van der Waals surface area contributed by atoms with Crippen molar-refractivity contribution in [3.8, 4) is 11.4 Å². The Hall–Kier alpha value is -1.20. The van der Waals surface area contributed by atoms with Crippen LogP contribution in [0.3, 0.4) is 0 Å². The lowest BCUT2D eigenvalue weighted by Gasteiger charge is -2.05. The van der Waals surface area contributed by atoms with Gasteiger partial charge in [-0.05, 0) is 55.9 Å². The largest absolute Gasteiger partial charge is 0.392 e. The van der Waals surface area contributed by atoms with Gasteiger partial charge in [0, 0.05) is 10.0 Å². The van der Waals surface area contributed by atoms with Crippen LogP contribution in [0.1, 0.15) is 29.9 Å². The van der Waals surface area contributed by atoms with E-state index < -0.39 is 0 Å². The van der Waals surface area contributed by atoms with Crippen molar-refractivity contribution in [1.82, 2.24) is 10.1 Å². The minimum absolute atomic E-state index is 0.350. The number of nitrogens with zero attached hydrogens (tertiary/aromatic N) is 2. The lowest BCUT2D eigenvalue weighted by atomic mass is 10.1. The van der Waals surface area contributed by atoms with Gasteiger partial charge in [-0.25, -0.2) is 0 Å². The van der Waals surface area contributed by atoms with E-state index in [9.17, 15) is 5.11 Å². The van der Waals surface area contributed by atoms with Crippen LogP contribution >= 0.6 is 15.9 Å². The first-order valence-electron chi connectivity index (χ1n) is 6.82. The zero-order valence-electron chi connectivity index (χ0n) is 11.6. The number of aliphatic hydroxyl groups is 1. The molecule has 1 aliphatic rings. The van der Waals surface area contributed by atoms with Crippen molar-refractivity contribution in [3.05, 3.63) is 33.6 Å². The molecule has 0 aliphatic heterocycles. The number of aryl methyl sites for hydroxylation is 2. The van der Waals surface area contributed by atoms with E-state index in [-0.39, 0.29) is 6.10 Å². The molecular formula is C15H17BrN2O2. The van der Waals surface area contributed by atoms with Gasteiger partial charge in [-0.2, -0.15) is 4.98 Å². The van der Waals surface area contributed by atoms with Gasteiger partial charge in [0.05, 0.1) is 12.5 Å². The predicted octanol–water partition coefficient (Wildman–Crippen LogP) is 3.43. The Morgan fingerprint density at radius 2 is 2.00 bits per heavy atom. The van der Waals surface area contributed by atoms with E-state index in [4.69, 9.17) is 4.52 Å². The van der Waals surface area contributed by atoms with Crippen molar-refractivity contribution in [2.24, 2.45) is 5.92 Å². The van der Waals surface area contributed by atoms with E-state index >= 15 is 0 Å². The van der Waals surface area contributed by atoms with Gasteiger partial charge < -0.3 is 9.63 Å². The molecule has 0 saturated heterocycles. The van der Waals surface area contributed by atoms with Crippen LogP contribution in [0.4, 0.5) is 0 Å². The standard InChI is InChI=1S/C15H17BrN2O2/c1-8-5-11(6-9(2)14(8)16)15-17-13(20-18-15)7-12(19)10-3-4-10/h5-6,10,12,19H,3-4,7H2,1-2H3. The predicted molar refractivity (Wildman–Crippen MR) is 79.3 cm³/mol. The van der Waals surface area contributed by atoms with E-state index in [1.807, 2.05) is 26.0 Å². The SMILES string of the molecule is Cc1cc(-c2noc(CC(O)C3CC3)n2)cc(C)c1Br. The fourth-order valence-electron chi connectivity index (χ4n) is 2.36. The Labute approximate surface area is 126 Å². The Balaban J connectivity index is 1.82. The van der Waals surface area contributed by atoms with Gasteiger partial charge in [0.1, 0.15) is 0 Å². The fraction of sp³-hybridized carbons (Fsp3) is 0.467. The molecule has 1 fully saturated rings. The van der Waals surface area contributed by atoms with Crippen LogP contribution in [0.25, 0.3) is 11.4 Å². The number of aliphatic hydroxyl groups excluding tert-OH is 1. The molecule has 1 heterocycles. The Morgan fingerprint density at radius 1 is 1.35 bits per heavy atom. The molecule has 3 rings (SSSR count). The summed E-state index contributed by atoms with van der Waals surface area (Å²) in [6, 6.07) is 4.06. The molecular weight excluding hydrogens is 320 g/mol. The molecule has 1 aliphatic carbocycles. The third-order valence-electron chi connectivity index (χ3n) is 3.71. The van der Waals surface area contributed by atoms with Crippen LogP contribution in [-0.2, 0) is 6.42 Å². The van der Waals surface area contributed by atoms with Crippen LogP contribution in [0.15, 0.2) is 21.1 Å². The second-order valence-corrected chi connectivity index (χ2v) is 6.34. The summed E-state index contributed by atoms with van der Waals surface area (Å²) in [7, 11) is 0. The number of hydrogen-bond acceptors (Lipinski definition) is 4. The zero-order valence-corrected chi connectivity index (χ0v) is 13.1. The maximum atomic E-state index is 9.91. The minimum Gasteiger partial charge on any atom is -0.392 e. The lowest BCUT2D eigenvalue weighted by molar-refractivity contribution is 0.140. The molecule has 0 spiro atoms. The molecule has 1 aromatic carbocycles. The Kier molecular flexibility index (Phi) is 3.65. The minimum atomic E-state index is -0.350. The first kappa shape index (κ1) is 13.8. The van der Waals surface area contributed by atoms with Gasteiger partial charge in [-0.1, -0.05) is 21.1 Å². The highest BCUT2D eigenvalue weighted by Crippen LogP contribution is 2.34. The van der Waals surface area contributed by atoms with Crippen molar-refractivity contribution in [2.45, 2.75) is 39.2 Å². The van der Waals surface area contributed by atoms with Crippen molar-refractivity contribution >= 4 is 15.9 Å². The molecule has 1 N–H and O–H groups in total. The molecule has 0 amide bonds. The second kappa shape index (κ2) is 5.30. The summed E-state index contributed by atoms with van der Waals surface area (Å²) < 4.78 is 6.35. The molecule has 4 nitrogen and oxygen atoms in total. The number of benzene rings is 1. The number of aromatic nitrogens is 2. The highest BCUT2D eigenvalue weighted by atomic mass is 79.9. The average molecular weight is 337 g/mol. The Bertz CT molecular complexity index is 612. The van der Waals surface area contributed by atoms with Crippen molar-refractivity contribution in [1.29, 1.82) is 0 Å². The molecule has 106 valence electrons. The molecule has 1 atom stereocenters.